The van der Waals surface area contributed by atoms with Crippen molar-refractivity contribution in [1.82, 2.24) is 28.4 Å². The summed E-state index contributed by atoms with van der Waals surface area (Å²) in [6.07, 6.45) is 9.78. The highest BCUT2D eigenvalue weighted by Crippen LogP contribution is 2.38. The normalized spacial score (nSPS) is 15.7. The van der Waals surface area contributed by atoms with E-state index in [1.807, 2.05) is 141 Å². The summed E-state index contributed by atoms with van der Waals surface area (Å²) in [5.41, 5.74) is 14.1. The molecule has 3 fully saturated rings. The van der Waals surface area contributed by atoms with Crippen molar-refractivity contribution in [2.24, 2.45) is 0 Å². The van der Waals surface area contributed by atoms with E-state index in [4.69, 9.17) is 44.3 Å². The first-order valence-electron chi connectivity index (χ1n) is 30.7. The molecule has 3 aliphatic heterocycles. The Morgan fingerprint density at radius 1 is 0.466 bits per heavy atom. The van der Waals surface area contributed by atoms with Crippen molar-refractivity contribution in [2.75, 3.05) is 58.9 Å². The minimum Gasteiger partial charge on any atom is -0.463 e. The number of halogens is 3. The number of hydrogen-bond acceptors (Lipinski definition) is 11. The number of piperidine rings is 3. The van der Waals surface area contributed by atoms with Crippen molar-refractivity contribution >= 4 is 86.2 Å². The zero-order chi connectivity index (χ0) is 61.8. The minimum atomic E-state index is -0.573. The number of benzene rings is 6. The second-order valence-corrected chi connectivity index (χ2v) is 24.7. The van der Waals surface area contributed by atoms with Gasteiger partial charge in [-0.15, -0.1) is 0 Å². The van der Waals surface area contributed by atoms with Crippen LogP contribution in [0.1, 0.15) is 125 Å². The first-order chi connectivity index (χ1) is 42.7. The lowest BCUT2D eigenvalue weighted by Crippen LogP contribution is -2.34. The van der Waals surface area contributed by atoms with Crippen molar-refractivity contribution in [3.05, 3.63) is 193 Å². The van der Waals surface area contributed by atoms with Crippen LogP contribution in [0.3, 0.4) is 0 Å². The SMILES string of the molecule is Cc1c(C(=O)CN2CCCCC2)c2ccc(COC=O)cc2n1-c1ccc(Cl)cc1.Cc1c(C(O)CN2CCCCC2)c2ccc(CO)cc2n1-c1ccc(Cl)cc1.Cc1c(C(O)CN2CCCCC2)c2ccc(COC=O)cc2n1-c1ccc(Cl)cc1. The van der Waals surface area contributed by atoms with Crippen molar-refractivity contribution in [1.29, 1.82) is 0 Å². The molecule has 3 aromatic heterocycles. The van der Waals surface area contributed by atoms with Gasteiger partial charge in [0, 0.05) is 95.2 Å². The third-order valence-corrected chi connectivity index (χ3v) is 18.3. The van der Waals surface area contributed by atoms with Gasteiger partial charge < -0.3 is 48.3 Å². The summed E-state index contributed by atoms with van der Waals surface area (Å²) in [7, 11) is 0. The highest BCUT2D eigenvalue weighted by atomic mass is 35.5. The molecule has 462 valence electrons. The molecule has 0 aliphatic carbocycles. The molecule has 14 nitrogen and oxygen atoms in total. The van der Waals surface area contributed by atoms with Crippen LogP contribution in [0.5, 0.6) is 0 Å². The van der Waals surface area contributed by atoms with E-state index in [0.717, 1.165) is 152 Å². The number of aliphatic hydroxyl groups is 3. The molecule has 9 aromatic rings. The molecule has 17 heteroatoms. The van der Waals surface area contributed by atoms with E-state index in [1.165, 1.54) is 44.9 Å². The molecule has 0 radical (unpaired) electrons. The van der Waals surface area contributed by atoms with Crippen LogP contribution in [-0.2, 0) is 38.9 Å². The summed E-state index contributed by atoms with van der Waals surface area (Å²) < 4.78 is 16.3. The summed E-state index contributed by atoms with van der Waals surface area (Å²) in [5.74, 6) is 0.143. The molecule has 6 aromatic carbocycles. The van der Waals surface area contributed by atoms with E-state index in [0.29, 0.717) is 47.6 Å². The van der Waals surface area contributed by atoms with Gasteiger partial charge in [0.1, 0.15) is 13.2 Å². The van der Waals surface area contributed by atoms with Crippen molar-refractivity contribution < 1.29 is 39.2 Å². The highest BCUT2D eigenvalue weighted by Gasteiger charge is 2.28. The number of Topliss-reactive ketones (excluding diaryl/α,β-unsaturated/α-hetero) is 1. The number of fused-ring (bicyclic) bond motifs is 3. The van der Waals surface area contributed by atoms with E-state index in [-0.39, 0.29) is 25.6 Å². The molecule has 6 heterocycles. The number of hydrogen-bond donors (Lipinski definition) is 3. The number of nitrogens with zero attached hydrogens (tertiary/aromatic N) is 6. The summed E-state index contributed by atoms with van der Waals surface area (Å²) in [5, 5.41) is 37.0. The zero-order valence-corrected chi connectivity index (χ0v) is 52.8. The Bertz CT molecular complexity index is 3840. The van der Waals surface area contributed by atoms with E-state index in [2.05, 4.69) is 35.3 Å². The molecular weight excluding hydrogens is 1170 g/mol. The quantitative estimate of drug-likeness (QED) is 0.0523. The molecule has 0 amide bonds. The second kappa shape index (κ2) is 30.1. The number of rotatable bonds is 19. The Hall–Kier alpha value is -6.82. The van der Waals surface area contributed by atoms with Crippen molar-refractivity contribution in [2.45, 2.75) is 111 Å². The minimum absolute atomic E-state index is 0.00749. The Morgan fingerprint density at radius 3 is 1.19 bits per heavy atom. The standard InChI is InChI=1S/C24H27ClN2O3.C24H25ClN2O3.C23H27ClN2O2/c2*1-17-24(23(29)14-26-11-3-2-4-12-26)21-10-5-18(15-30-16-28)13-22(21)27(17)20-8-6-19(25)7-9-20;1-16-23(22(28)14-25-11-3-2-4-12-25)20-10-5-17(15-27)13-21(20)26(16)19-8-6-18(24)7-9-19/h5-10,13,16,23,29H,2-4,11-12,14-15H2,1H3;5-10,13,16H,2-4,11-12,14-15H2,1H3;5-10,13,22,27-28H,2-4,11-12,14-15H2,1H3. The highest BCUT2D eigenvalue weighted by molar-refractivity contribution is 6.31. The summed E-state index contributed by atoms with van der Waals surface area (Å²) in [6.45, 7) is 15.3. The van der Waals surface area contributed by atoms with Crippen molar-refractivity contribution in [3.8, 4) is 17.1 Å². The molecule has 2 unspecified atom stereocenters. The predicted molar refractivity (Wildman–Crippen MR) is 352 cm³/mol. The fourth-order valence-electron chi connectivity index (χ4n) is 13.3. The fraction of sp³-hybridized carbons (Fsp3) is 0.366. The van der Waals surface area contributed by atoms with Crippen molar-refractivity contribution in [3.63, 3.8) is 0 Å². The van der Waals surface area contributed by atoms with Crippen LogP contribution in [-0.4, -0.2) is 121 Å². The Labute approximate surface area is 530 Å². The van der Waals surface area contributed by atoms with Crippen LogP contribution >= 0.6 is 34.8 Å². The van der Waals surface area contributed by atoms with Crippen LogP contribution in [0.2, 0.25) is 15.1 Å². The van der Waals surface area contributed by atoms with Gasteiger partial charge in [-0.1, -0.05) is 90.5 Å². The fourth-order valence-corrected chi connectivity index (χ4v) is 13.7. The number of β-amino-alcohol motifs (C(OH)–C–C–N with tert-alkyl or cyclic N) is 2. The summed E-state index contributed by atoms with van der Waals surface area (Å²) in [6, 6.07) is 40.8. The molecule has 0 spiro atoms. The van der Waals surface area contributed by atoms with Crippen LogP contribution in [0, 0.1) is 20.8 Å². The average Bonchev–Trinajstić information content (AvgIpc) is 1.70. The van der Waals surface area contributed by atoms with Gasteiger partial charge in [-0.25, -0.2) is 0 Å². The Balaban J connectivity index is 0.000000146. The van der Waals surface area contributed by atoms with Gasteiger partial charge in [0.05, 0.1) is 41.9 Å². The van der Waals surface area contributed by atoms with E-state index in [9.17, 15) is 29.7 Å². The molecule has 3 saturated heterocycles. The van der Waals surface area contributed by atoms with Gasteiger partial charge in [-0.2, -0.15) is 0 Å². The molecule has 0 saturated carbocycles. The average molecular weight is 1250 g/mol. The molecule has 88 heavy (non-hydrogen) atoms. The van der Waals surface area contributed by atoms with Gasteiger partial charge in [-0.05, 0) is 206 Å². The van der Waals surface area contributed by atoms with Gasteiger partial charge >= 0.3 is 0 Å². The second-order valence-electron chi connectivity index (χ2n) is 23.4. The van der Waals surface area contributed by atoms with Gasteiger partial charge in [0.2, 0.25) is 0 Å². The maximum atomic E-state index is 13.4. The Morgan fingerprint density at radius 2 is 0.807 bits per heavy atom. The lowest BCUT2D eigenvalue weighted by atomic mass is 10.0. The van der Waals surface area contributed by atoms with Crippen LogP contribution in [0.25, 0.3) is 49.8 Å². The van der Waals surface area contributed by atoms with E-state index in [1.54, 1.807) is 0 Å². The third kappa shape index (κ3) is 14.9. The molecule has 3 N–H and O–H groups in total. The topological polar surface area (TPSA) is 155 Å². The molecule has 2 atom stereocenters. The molecule has 12 rings (SSSR count). The van der Waals surface area contributed by atoms with Crippen LogP contribution < -0.4 is 0 Å². The number of carbonyl (C=O) groups is 3. The van der Waals surface area contributed by atoms with Crippen LogP contribution in [0.15, 0.2) is 127 Å². The largest absolute Gasteiger partial charge is 0.463 e. The summed E-state index contributed by atoms with van der Waals surface area (Å²) >= 11 is 18.3. The number of aliphatic hydroxyl groups excluding tert-OH is 3. The van der Waals surface area contributed by atoms with E-state index >= 15 is 0 Å². The Kier molecular flexibility index (Phi) is 22.0. The van der Waals surface area contributed by atoms with Gasteiger partial charge in [-0.3, -0.25) is 19.3 Å². The lowest BCUT2D eigenvalue weighted by Gasteiger charge is -2.28. The van der Waals surface area contributed by atoms with Gasteiger partial charge in [0.25, 0.3) is 12.9 Å². The number of likely N-dealkylation sites (tertiary alicyclic amines) is 3. The number of ether oxygens (including phenoxy) is 2. The smallest absolute Gasteiger partial charge is 0.293 e. The number of ketones is 1. The molecule has 0 bridgehead atoms. The predicted octanol–water partition coefficient (Wildman–Crippen LogP) is 14.3. The number of aromatic nitrogens is 3. The molecular formula is C71H79Cl3N6O8. The van der Waals surface area contributed by atoms with Crippen LogP contribution in [0.4, 0.5) is 0 Å². The lowest BCUT2D eigenvalue weighted by molar-refractivity contribution is -0.130. The first kappa shape index (κ1) is 64.2. The maximum Gasteiger partial charge on any atom is 0.293 e. The maximum absolute atomic E-state index is 13.4. The first-order valence-corrected chi connectivity index (χ1v) is 31.9. The van der Waals surface area contributed by atoms with Gasteiger partial charge in [0.15, 0.2) is 5.78 Å². The number of carbonyl (C=O) groups excluding carboxylic acids is 3. The summed E-state index contributed by atoms with van der Waals surface area (Å²) in [4.78, 5) is 41.6. The monoisotopic (exact) mass is 1250 g/mol. The molecule has 3 aliphatic rings. The third-order valence-electron chi connectivity index (χ3n) is 17.5. The zero-order valence-electron chi connectivity index (χ0n) is 50.5. The van der Waals surface area contributed by atoms with E-state index < -0.39 is 12.2 Å².